The summed E-state index contributed by atoms with van der Waals surface area (Å²) < 4.78 is 5.45. The summed E-state index contributed by atoms with van der Waals surface area (Å²) in [5, 5.41) is 6.10. The van der Waals surface area contributed by atoms with Crippen LogP contribution in [0.5, 0.6) is 0 Å². The van der Waals surface area contributed by atoms with Crippen LogP contribution in [-0.2, 0) is 27.3 Å². The smallest absolute Gasteiger partial charge is 0.338 e. The predicted molar refractivity (Wildman–Crippen MR) is 166 cm³/mol. The molecule has 3 rings (SSSR count). The van der Waals surface area contributed by atoms with Crippen molar-refractivity contribution in [3.05, 3.63) is 82.9 Å². The van der Waals surface area contributed by atoms with Crippen molar-refractivity contribution in [2.75, 3.05) is 26.7 Å². The summed E-state index contributed by atoms with van der Waals surface area (Å²) in [5.74, 6) is -0.486. The molecule has 0 saturated carbocycles. The fraction of sp³-hybridized carbons (Fsp3) is 0.441. The fourth-order valence-corrected chi connectivity index (χ4v) is 4.41. The quantitative estimate of drug-likeness (QED) is 0.158. The summed E-state index contributed by atoms with van der Waals surface area (Å²) in [6.45, 7) is 13.9. The lowest BCUT2D eigenvalue weighted by Gasteiger charge is -2.26. The molecule has 226 valence electrons. The second-order valence-electron chi connectivity index (χ2n) is 12.6. The van der Waals surface area contributed by atoms with E-state index in [1.54, 1.807) is 18.2 Å². The molecule has 42 heavy (non-hydrogen) atoms. The number of hydrogen-bond acceptors (Lipinski definition) is 6. The van der Waals surface area contributed by atoms with Gasteiger partial charge in [-0.25, -0.2) is 9.86 Å². The first-order valence-corrected chi connectivity index (χ1v) is 14.5. The molecule has 2 amide bonds. The van der Waals surface area contributed by atoms with Crippen LogP contribution in [0.15, 0.2) is 60.7 Å². The zero-order chi connectivity index (χ0) is 30.9. The number of rotatable bonds is 13. The molecule has 0 bridgehead atoms. The van der Waals surface area contributed by atoms with Crippen molar-refractivity contribution in [1.82, 2.24) is 15.3 Å². The van der Waals surface area contributed by atoms with Gasteiger partial charge in [-0.2, -0.15) is 0 Å². The maximum Gasteiger partial charge on any atom is 0.338 e. The van der Waals surface area contributed by atoms with Gasteiger partial charge in [0, 0.05) is 18.7 Å². The molecule has 0 unspecified atom stereocenters. The molecule has 0 fully saturated rings. The van der Waals surface area contributed by atoms with Gasteiger partial charge in [0.15, 0.2) is 0 Å². The van der Waals surface area contributed by atoms with Crippen molar-refractivity contribution >= 4 is 29.1 Å². The van der Waals surface area contributed by atoms with Crippen LogP contribution in [0.25, 0.3) is 10.8 Å². The number of aryl methyl sites for hydroxylation is 1. The highest BCUT2D eigenvalue weighted by Crippen LogP contribution is 2.20. The van der Waals surface area contributed by atoms with E-state index in [0.717, 1.165) is 42.3 Å². The van der Waals surface area contributed by atoms with Crippen LogP contribution in [0.2, 0.25) is 0 Å². The van der Waals surface area contributed by atoms with Crippen LogP contribution >= 0.6 is 0 Å². The molecule has 0 atom stereocenters. The van der Waals surface area contributed by atoms with E-state index in [2.05, 4.69) is 29.4 Å². The lowest BCUT2D eigenvalue weighted by Crippen LogP contribution is -2.33. The van der Waals surface area contributed by atoms with Crippen molar-refractivity contribution < 1.29 is 24.0 Å². The first-order chi connectivity index (χ1) is 19.7. The van der Waals surface area contributed by atoms with Gasteiger partial charge >= 0.3 is 5.97 Å². The molecular formula is C34H45N3O5. The minimum absolute atomic E-state index is 0.123. The summed E-state index contributed by atoms with van der Waals surface area (Å²) in [5.41, 5.74) is 2.34. The molecule has 0 aromatic heterocycles. The predicted octanol–water partition coefficient (Wildman–Crippen LogP) is 5.78. The fourth-order valence-electron chi connectivity index (χ4n) is 4.41. The first-order valence-electron chi connectivity index (χ1n) is 14.5. The summed E-state index contributed by atoms with van der Waals surface area (Å²) in [6, 6.07) is 19.1. The number of carbonyl (C=O) groups excluding carboxylic acids is 3. The van der Waals surface area contributed by atoms with Crippen LogP contribution in [0, 0.1) is 0 Å². The SMILES string of the molecule is CN(CCCc1ccc(CN(C=O)OC(C)(C)C)cc1)CCNC(=O)c1ccc2cc(C(=O)OC(C)(C)C)ccc2c1. The van der Waals surface area contributed by atoms with Crippen molar-refractivity contribution in [3.63, 3.8) is 0 Å². The third-order valence-electron chi connectivity index (χ3n) is 6.39. The van der Waals surface area contributed by atoms with E-state index in [-0.39, 0.29) is 11.9 Å². The number of hydrogen-bond donors (Lipinski definition) is 1. The van der Waals surface area contributed by atoms with Crippen LogP contribution in [0.4, 0.5) is 0 Å². The number of nitrogens with zero attached hydrogens (tertiary/aromatic N) is 2. The number of amides is 2. The number of carbonyl (C=O) groups is 3. The van der Waals surface area contributed by atoms with Crippen LogP contribution < -0.4 is 5.32 Å². The molecular weight excluding hydrogens is 530 g/mol. The van der Waals surface area contributed by atoms with E-state index < -0.39 is 11.2 Å². The summed E-state index contributed by atoms with van der Waals surface area (Å²) >= 11 is 0. The van der Waals surface area contributed by atoms with Crippen molar-refractivity contribution in [3.8, 4) is 0 Å². The molecule has 3 aromatic carbocycles. The van der Waals surface area contributed by atoms with Crippen molar-refractivity contribution in [1.29, 1.82) is 0 Å². The van der Waals surface area contributed by atoms with Crippen LogP contribution in [0.1, 0.15) is 79.8 Å². The number of ether oxygens (including phenoxy) is 1. The van der Waals surface area contributed by atoms with Gasteiger partial charge in [-0.05, 0) is 114 Å². The second kappa shape index (κ2) is 14.4. The molecule has 0 heterocycles. The number of likely N-dealkylation sites (N-methyl/N-ethyl adjacent to an activating group) is 1. The Morgan fingerprint density at radius 2 is 1.40 bits per heavy atom. The molecule has 0 spiro atoms. The highest BCUT2D eigenvalue weighted by molar-refractivity contribution is 6.00. The van der Waals surface area contributed by atoms with E-state index in [1.165, 1.54) is 10.6 Å². The molecule has 0 saturated heterocycles. The van der Waals surface area contributed by atoms with Gasteiger partial charge in [-0.3, -0.25) is 14.4 Å². The van der Waals surface area contributed by atoms with Gasteiger partial charge in [-0.15, -0.1) is 0 Å². The van der Waals surface area contributed by atoms with Gasteiger partial charge in [0.05, 0.1) is 17.7 Å². The van der Waals surface area contributed by atoms with E-state index >= 15 is 0 Å². The molecule has 0 aliphatic heterocycles. The monoisotopic (exact) mass is 575 g/mol. The zero-order valence-corrected chi connectivity index (χ0v) is 26.0. The third-order valence-corrected chi connectivity index (χ3v) is 6.39. The topological polar surface area (TPSA) is 88.2 Å². The highest BCUT2D eigenvalue weighted by Gasteiger charge is 2.18. The summed E-state index contributed by atoms with van der Waals surface area (Å²) in [7, 11) is 2.05. The van der Waals surface area contributed by atoms with E-state index in [0.29, 0.717) is 30.6 Å². The Morgan fingerprint density at radius 3 is 2.00 bits per heavy atom. The van der Waals surface area contributed by atoms with Crippen LogP contribution in [-0.4, -0.2) is 66.1 Å². The lowest BCUT2D eigenvalue weighted by molar-refractivity contribution is -0.220. The van der Waals surface area contributed by atoms with Gasteiger partial charge in [0.2, 0.25) is 6.41 Å². The Hall–Kier alpha value is -3.75. The number of benzene rings is 3. The Kier molecular flexibility index (Phi) is 11.3. The average molecular weight is 576 g/mol. The maximum absolute atomic E-state index is 12.7. The number of fused-ring (bicyclic) bond motifs is 1. The molecule has 3 aromatic rings. The Balaban J connectivity index is 1.40. The lowest BCUT2D eigenvalue weighted by atomic mass is 10.0. The Bertz CT molecular complexity index is 1360. The van der Waals surface area contributed by atoms with E-state index in [9.17, 15) is 14.4 Å². The summed E-state index contributed by atoms with van der Waals surface area (Å²) in [6.07, 6.45) is 2.65. The summed E-state index contributed by atoms with van der Waals surface area (Å²) in [4.78, 5) is 44.3. The molecule has 0 aliphatic rings. The number of esters is 1. The molecule has 8 nitrogen and oxygen atoms in total. The standard InChI is InChI=1S/C34H45N3O5/c1-33(2,3)41-32(40)30-17-15-27-21-29(16-14-28(27)22-30)31(39)35-18-20-36(7)19-8-9-25-10-12-26(13-11-25)23-37(24-38)42-34(4,5)6/h10-17,21-22,24H,8-9,18-20,23H2,1-7H3,(H,35,39). The molecule has 1 N–H and O–H groups in total. The molecule has 8 heteroatoms. The Morgan fingerprint density at radius 1 is 0.810 bits per heavy atom. The van der Waals surface area contributed by atoms with E-state index in [1.807, 2.05) is 71.9 Å². The maximum atomic E-state index is 12.7. The number of nitrogens with one attached hydrogen (secondary N) is 1. The number of hydroxylamine groups is 2. The average Bonchev–Trinajstić information content (AvgIpc) is 2.91. The minimum atomic E-state index is -0.557. The first kappa shape index (κ1) is 32.8. The Labute approximate surface area is 249 Å². The third kappa shape index (κ3) is 10.9. The van der Waals surface area contributed by atoms with Gasteiger partial charge in [0.1, 0.15) is 5.60 Å². The normalized spacial score (nSPS) is 11.9. The van der Waals surface area contributed by atoms with Crippen molar-refractivity contribution in [2.45, 2.75) is 72.1 Å². The van der Waals surface area contributed by atoms with Gasteiger partial charge in [-0.1, -0.05) is 36.4 Å². The second-order valence-corrected chi connectivity index (χ2v) is 12.6. The minimum Gasteiger partial charge on any atom is -0.456 e. The highest BCUT2D eigenvalue weighted by atomic mass is 16.7. The molecule has 0 aliphatic carbocycles. The largest absolute Gasteiger partial charge is 0.456 e. The molecule has 0 radical (unpaired) electrons. The van der Waals surface area contributed by atoms with Crippen LogP contribution in [0.3, 0.4) is 0 Å². The van der Waals surface area contributed by atoms with Gasteiger partial charge < -0.3 is 15.0 Å². The zero-order valence-electron chi connectivity index (χ0n) is 26.0. The van der Waals surface area contributed by atoms with Gasteiger partial charge in [0.25, 0.3) is 5.91 Å². The van der Waals surface area contributed by atoms with Crippen molar-refractivity contribution in [2.24, 2.45) is 0 Å². The van der Waals surface area contributed by atoms with E-state index in [4.69, 9.17) is 9.57 Å².